The number of hydrogen-bond donors (Lipinski definition) is 2. The van der Waals surface area contributed by atoms with Crippen LogP contribution in [0.4, 0.5) is 4.39 Å². The van der Waals surface area contributed by atoms with Gasteiger partial charge in [-0.3, -0.25) is 14.8 Å². The molecule has 30 heavy (non-hydrogen) atoms. The van der Waals surface area contributed by atoms with E-state index in [1.54, 1.807) is 6.07 Å². The lowest BCUT2D eigenvalue weighted by atomic mass is 9.86. The molecule has 1 aromatic heterocycles. The number of fused-ring (bicyclic) bond motifs is 2. The quantitative estimate of drug-likeness (QED) is 0.791. The zero-order valence-corrected chi connectivity index (χ0v) is 17.8. The monoisotopic (exact) mass is 414 g/mol. The Bertz CT molecular complexity index is 878. The Labute approximate surface area is 177 Å². The van der Waals surface area contributed by atoms with Crippen LogP contribution in [0.25, 0.3) is 0 Å². The molecular formula is C23H31FN4O2. The Morgan fingerprint density at radius 2 is 2.13 bits per heavy atom. The highest BCUT2D eigenvalue weighted by atomic mass is 19.1. The maximum Gasteiger partial charge on any atom is 0.258 e. The number of aromatic nitrogens is 2. The van der Waals surface area contributed by atoms with Crippen molar-refractivity contribution in [3.63, 3.8) is 0 Å². The van der Waals surface area contributed by atoms with Crippen molar-refractivity contribution in [2.45, 2.75) is 58.5 Å². The van der Waals surface area contributed by atoms with Gasteiger partial charge < -0.3 is 10.1 Å². The number of ether oxygens (including phenoxy) is 1. The first kappa shape index (κ1) is 20.8. The van der Waals surface area contributed by atoms with Gasteiger partial charge in [0.25, 0.3) is 5.91 Å². The summed E-state index contributed by atoms with van der Waals surface area (Å²) in [6.07, 6.45) is 4.79. The number of H-pyrrole nitrogens is 1. The van der Waals surface area contributed by atoms with Crippen molar-refractivity contribution in [1.82, 2.24) is 20.4 Å². The van der Waals surface area contributed by atoms with E-state index in [9.17, 15) is 9.18 Å². The fourth-order valence-electron chi connectivity index (χ4n) is 4.76. The summed E-state index contributed by atoms with van der Waals surface area (Å²) in [5.41, 5.74) is 4.31. The zero-order chi connectivity index (χ0) is 21.1. The first-order chi connectivity index (χ1) is 14.5. The van der Waals surface area contributed by atoms with E-state index in [0.717, 1.165) is 68.7 Å². The molecule has 2 aromatic rings. The van der Waals surface area contributed by atoms with Gasteiger partial charge in [0.15, 0.2) is 6.61 Å². The Balaban J connectivity index is 1.44. The van der Waals surface area contributed by atoms with Gasteiger partial charge in [0.05, 0.1) is 5.69 Å². The third-order valence-electron chi connectivity index (χ3n) is 6.48. The summed E-state index contributed by atoms with van der Waals surface area (Å²) in [4.78, 5) is 15.0. The average molecular weight is 415 g/mol. The molecule has 2 atom stereocenters. The van der Waals surface area contributed by atoms with E-state index < -0.39 is 0 Å². The number of carbonyl (C=O) groups is 1. The van der Waals surface area contributed by atoms with Crippen molar-refractivity contribution >= 4 is 5.91 Å². The van der Waals surface area contributed by atoms with Crippen LogP contribution in [0.5, 0.6) is 5.75 Å². The molecule has 0 spiro atoms. The molecule has 4 rings (SSSR count). The smallest absolute Gasteiger partial charge is 0.258 e. The summed E-state index contributed by atoms with van der Waals surface area (Å²) in [6, 6.07) is 4.72. The van der Waals surface area contributed by atoms with Gasteiger partial charge in [-0.25, -0.2) is 4.39 Å². The largest absolute Gasteiger partial charge is 0.483 e. The Morgan fingerprint density at radius 3 is 2.93 bits per heavy atom. The van der Waals surface area contributed by atoms with Gasteiger partial charge in [-0.1, -0.05) is 6.42 Å². The number of aryl methyl sites for hydroxylation is 3. The Kier molecular flexibility index (Phi) is 6.37. The predicted molar refractivity (Wildman–Crippen MR) is 113 cm³/mol. The van der Waals surface area contributed by atoms with Crippen LogP contribution in [0, 0.1) is 25.6 Å². The van der Waals surface area contributed by atoms with Gasteiger partial charge in [-0.15, -0.1) is 0 Å². The van der Waals surface area contributed by atoms with Crippen molar-refractivity contribution < 1.29 is 13.9 Å². The molecule has 162 valence electrons. The highest BCUT2D eigenvalue weighted by Gasteiger charge is 2.31. The standard InChI is InChI=1S/C23H31FN4O2/c1-15-20(16(2)27-26-15)13-28-10-9-21-18(12-28)6-4-3-5-17-11-19(24)7-8-22(17)30-14-23(29)25-21/h7-8,11,18,21H,3-6,9-10,12-14H2,1-2H3,(H,25,29)(H,26,27)/t18-,21+/m1/s1. The third-order valence-corrected chi connectivity index (χ3v) is 6.48. The number of likely N-dealkylation sites (tertiary alicyclic amines) is 1. The molecule has 2 N–H and O–H groups in total. The average Bonchev–Trinajstić information content (AvgIpc) is 3.03. The van der Waals surface area contributed by atoms with Gasteiger partial charge in [0.2, 0.25) is 0 Å². The summed E-state index contributed by atoms with van der Waals surface area (Å²) < 4.78 is 19.4. The van der Waals surface area contributed by atoms with Crippen molar-refractivity contribution in [3.05, 3.63) is 46.5 Å². The number of carbonyl (C=O) groups excluding carboxylic acids is 1. The normalized spacial score (nSPS) is 23.4. The minimum atomic E-state index is -0.262. The summed E-state index contributed by atoms with van der Waals surface area (Å²) in [6.45, 7) is 6.89. The van der Waals surface area contributed by atoms with Crippen LogP contribution in [0.2, 0.25) is 0 Å². The molecule has 7 heteroatoms. The lowest BCUT2D eigenvalue weighted by molar-refractivity contribution is -0.124. The van der Waals surface area contributed by atoms with E-state index in [0.29, 0.717) is 11.7 Å². The van der Waals surface area contributed by atoms with Crippen LogP contribution < -0.4 is 10.1 Å². The Hall–Kier alpha value is -2.41. The number of nitrogens with zero attached hydrogens (tertiary/aromatic N) is 2. The predicted octanol–water partition coefficient (Wildman–Crippen LogP) is 3.28. The topological polar surface area (TPSA) is 70.2 Å². The van der Waals surface area contributed by atoms with Crippen LogP contribution in [0.15, 0.2) is 18.2 Å². The van der Waals surface area contributed by atoms with Crippen molar-refractivity contribution in [1.29, 1.82) is 0 Å². The number of nitrogens with one attached hydrogen (secondary N) is 2. The number of benzene rings is 1. The fraction of sp³-hybridized carbons (Fsp3) is 0.565. The summed E-state index contributed by atoms with van der Waals surface area (Å²) in [5, 5.41) is 10.6. The molecule has 3 heterocycles. The molecule has 0 unspecified atom stereocenters. The molecular weight excluding hydrogens is 383 g/mol. The number of piperidine rings is 1. The molecule has 2 aliphatic rings. The van der Waals surface area contributed by atoms with Crippen LogP contribution in [0.1, 0.15) is 48.2 Å². The SMILES string of the molecule is Cc1n[nH]c(C)c1CN1CC[C@@H]2NC(=O)COc3ccc(F)cc3CCCC[C@@H]2C1. The first-order valence-corrected chi connectivity index (χ1v) is 10.9. The number of aromatic amines is 1. The van der Waals surface area contributed by atoms with Crippen LogP contribution in [-0.4, -0.2) is 46.7 Å². The molecule has 6 nitrogen and oxygen atoms in total. The molecule has 0 saturated carbocycles. The van der Waals surface area contributed by atoms with E-state index in [1.807, 2.05) is 6.92 Å². The minimum Gasteiger partial charge on any atom is -0.483 e. The molecule has 1 saturated heterocycles. The van der Waals surface area contributed by atoms with Crippen LogP contribution >= 0.6 is 0 Å². The van der Waals surface area contributed by atoms with Crippen LogP contribution in [-0.2, 0) is 17.8 Å². The van der Waals surface area contributed by atoms with E-state index in [1.165, 1.54) is 17.7 Å². The molecule has 1 fully saturated rings. The number of halogens is 1. The van der Waals surface area contributed by atoms with E-state index in [-0.39, 0.29) is 24.4 Å². The lowest BCUT2D eigenvalue weighted by Crippen LogP contribution is -2.51. The first-order valence-electron chi connectivity index (χ1n) is 10.9. The summed E-state index contributed by atoms with van der Waals surface area (Å²) in [5.74, 6) is 0.656. The molecule has 1 amide bonds. The second-order valence-corrected chi connectivity index (χ2v) is 8.66. The summed E-state index contributed by atoms with van der Waals surface area (Å²) >= 11 is 0. The zero-order valence-electron chi connectivity index (χ0n) is 17.8. The second kappa shape index (κ2) is 9.16. The third kappa shape index (κ3) is 4.83. The number of amides is 1. The van der Waals surface area contributed by atoms with E-state index in [2.05, 4.69) is 27.3 Å². The Morgan fingerprint density at radius 1 is 1.27 bits per heavy atom. The molecule has 0 bridgehead atoms. The van der Waals surface area contributed by atoms with Gasteiger partial charge in [-0.2, -0.15) is 5.10 Å². The van der Waals surface area contributed by atoms with Gasteiger partial charge >= 0.3 is 0 Å². The van der Waals surface area contributed by atoms with Crippen molar-refractivity contribution in [3.8, 4) is 5.75 Å². The fourth-order valence-corrected chi connectivity index (χ4v) is 4.76. The number of hydrogen-bond acceptors (Lipinski definition) is 4. The second-order valence-electron chi connectivity index (χ2n) is 8.66. The van der Waals surface area contributed by atoms with Gasteiger partial charge in [0.1, 0.15) is 11.6 Å². The van der Waals surface area contributed by atoms with Crippen molar-refractivity contribution in [2.75, 3.05) is 19.7 Å². The molecule has 1 aromatic carbocycles. The number of rotatable bonds is 2. The molecule has 0 radical (unpaired) electrons. The maximum absolute atomic E-state index is 13.7. The minimum absolute atomic E-state index is 0.0288. The highest BCUT2D eigenvalue weighted by molar-refractivity contribution is 5.78. The van der Waals surface area contributed by atoms with E-state index in [4.69, 9.17) is 4.74 Å². The van der Waals surface area contributed by atoms with Crippen LogP contribution in [0.3, 0.4) is 0 Å². The van der Waals surface area contributed by atoms with E-state index >= 15 is 0 Å². The van der Waals surface area contributed by atoms with Crippen molar-refractivity contribution in [2.24, 2.45) is 5.92 Å². The highest BCUT2D eigenvalue weighted by Crippen LogP contribution is 2.27. The summed E-state index contributed by atoms with van der Waals surface area (Å²) in [7, 11) is 0. The molecule has 0 aliphatic carbocycles. The lowest BCUT2D eigenvalue weighted by Gasteiger charge is -2.39. The maximum atomic E-state index is 13.7. The van der Waals surface area contributed by atoms with Gasteiger partial charge in [-0.05, 0) is 69.2 Å². The molecule has 2 aliphatic heterocycles. The van der Waals surface area contributed by atoms with Gasteiger partial charge in [0, 0.05) is 36.9 Å².